The maximum absolute atomic E-state index is 13.0. The van der Waals surface area contributed by atoms with Crippen molar-refractivity contribution in [1.29, 1.82) is 0 Å². The molecule has 2 aromatic carbocycles. The molecule has 1 heterocycles. The first kappa shape index (κ1) is 23.3. The Labute approximate surface area is 191 Å². The number of H-pyrrole nitrogens is 1. The molecule has 168 valence electrons. The van der Waals surface area contributed by atoms with Gasteiger partial charge in [0.2, 0.25) is 11.8 Å². The number of fused-ring (bicyclic) bond motifs is 1. The van der Waals surface area contributed by atoms with E-state index in [1.165, 1.54) is 0 Å². The Morgan fingerprint density at radius 3 is 2.44 bits per heavy atom. The summed E-state index contributed by atoms with van der Waals surface area (Å²) in [6.45, 7) is 5.38. The first-order chi connectivity index (χ1) is 15.1. The summed E-state index contributed by atoms with van der Waals surface area (Å²) in [7, 11) is 0. The van der Waals surface area contributed by atoms with E-state index in [0.29, 0.717) is 5.02 Å². The van der Waals surface area contributed by atoms with Crippen LogP contribution >= 0.6 is 11.6 Å². The van der Waals surface area contributed by atoms with Crippen molar-refractivity contribution in [3.8, 4) is 0 Å². The van der Waals surface area contributed by atoms with Crippen LogP contribution in [-0.2, 0) is 16.0 Å². The van der Waals surface area contributed by atoms with Crippen molar-refractivity contribution >= 4 is 40.2 Å². The number of hydrogen-bond donors (Lipinski definition) is 4. The highest BCUT2D eigenvalue weighted by Gasteiger charge is 2.25. The molecule has 0 radical (unpaired) electrons. The molecule has 0 bridgehead atoms. The van der Waals surface area contributed by atoms with Gasteiger partial charge in [-0.15, -0.1) is 0 Å². The van der Waals surface area contributed by atoms with Gasteiger partial charge in [-0.25, -0.2) is 0 Å². The minimum absolute atomic E-state index is 0.192. The Morgan fingerprint density at radius 2 is 1.72 bits per heavy atom. The van der Waals surface area contributed by atoms with Gasteiger partial charge in [0.1, 0.15) is 6.04 Å². The molecule has 32 heavy (non-hydrogen) atoms. The van der Waals surface area contributed by atoms with Crippen LogP contribution in [0.1, 0.15) is 36.7 Å². The van der Waals surface area contributed by atoms with Crippen LogP contribution in [0.5, 0.6) is 0 Å². The third-order valence-corrected chi connectivity index (χ3v) is 5.11. The molecule has 1 aromatic heterocycles. The van der Waals surface area contributed by atoms with Crippen molar-refractivity contribution < 1.29 is 14.4 Å². The lowest BCUT2D eigenvalue weighted by Gasteiger charge is -2.22. The van der Waals surface area contributed by atoms with Crippen LogP contribution < -0.4 is 16.0 Å². The van der Waals surface area contributed by atoms with E-state index in [2.05, 4.69) is 20.9 Å². The zero-order valence-corrected chi connectivity index (χ0v) is 19.0. The van der Waals surface area contributed by atoms with Crippen LogP contribution in [0, 0.1) is 0 Å². The van der Waals surface area contributed by atoms with Gasteiger partial charge in [-0.1, -0.05) is 41.9 Å². The minimum atomic E-state index is -0.902. The summed E-state index contributed by atoms with van der Waals surface area (Å²) in [5, 5.41) is 9.44. The predicted molar refractivity (Wildman–Crippen MR) is 126 cm³/mol. The zero-order valence-electron chi connectivity index (χ0n) is 18.3. The average Bonchev–Trinajstić information content (AvgIpc) is 3.13. The topological polar surface area (TPSA) is 103 Å². The summed E-state index contributed by atoms with van der Waals surface area (Å²) in [5.41, 5.74) is 1.67. The number of rotatable bonds is 7. The third kappa shape index (κ3) is 6.11. The van der Waals surface area contributed by atoms with Gasteiger partial charge in [0.25, 0.3) is 5.91 Å². The van der Waals surface area contributed by atoms with E-state index < -0.39 is 23.4 Å². The number of carbonyl (C=O) groups is 3. The van der Waals surface area contributed by atoms with E-state index >= 15 is 0 Å². The molecule has 1 atom stereocenters. The second-order valence-electron chi connectivity index (χ2n) is 8.59. The van der Waals surface area contributed by atoms with Gasteiger partial charge in [-0.05, 0) is 44.5 Å². The molecular formula is C24H27ClN4O3. The standard InChI is InChI=1S/C24H27ClN4O3/c1-24(2,3)29-21(30)14-27-23(32)20(28-22(31)17-9-4-6-10-18(17)25)12-15-13-26-19-11-7-5-8-16(15)19/h4-11,13,20,26H,12,14H2,1-3H3,(H,27,32)(H,28,31)(H,29,30)/t20-/m0/s1. The van der Waals surface area contributed by atoms with Crippen molar-refractivity contribution in [3.05, 3.63) is 70.9 Å². The number of benzene rings is 2. The molecule has 7 nitrogen and oxygen atoms in total. The SMILES string of the molecule is CC(C)(C)NC(=O)CNC(=O)[C@H](Cc1c[nH]c2ccccc12)NC(=O)c1ccccc1Cl. The van der Waals surface area contributed by atoms with Crippen LogP contribution in [0.3, 0.4) is 0 Å². The summed E-state index contributed by atoms with van der Waals surface area (Å²) in [6.07, 6.45) is 2.06. The number of hydrogen-bond acceptors (Lipinski definition) is 3. The average molecular weight is 455 g/mol. The number of aromatic nitrogens is 1. The maximum atomic E-state index is 13.0. The fourth-order valence-electron chi connectivity index (χ4n) is 3.36. The van der Waals surface area contributed by atoms with Gasteiger partial charge in [0.05, 0.1) is 17.1 Å². The number of para-hydroxylation sites is 1. The summed E-state index contributed by atoms with van der Waals surface area (Å²) < 4.78 is 0. The molecular weight excluding hydrogens is 428 g/mol. The van der Waals surface area contributed by atoms with Gasteiger partial charge in [-0.2, -0.15) is 0 Å². The maximum Gasteiger partial charge on any atom is 0.253 e. The second-order valence-corrected chi connectivity index (χ2v) is 8.99. The van der Waals surface area contributed by atoms with Gasteiger partial charge in [-0.3, -0.25) is 14.4 Å². The first-order valence-electron chi connectivity index (χ1n) is 10.3. The van der Waals surface area contributed by atoms with Crippen LogP contribution in [0.25, 0.3) is 10.9 Å². The number of halogens is 1. The van der Waals surface area contributed by atoms with Crippen LogP contribution in [0.15, 0.2) is 54.7 Å². The molecule has 0 aliphatic heterocycles. The van der Waals surface area contributed by atoms with Crippen LogP contribution in [0.4, 0.5) is 0 Å². The molecule has 3 aromatic rings. The molecule has 0 saturated carbocycles. The second kappa shape index (κ2) is 9.87. The number of nitrogens with one attached hydrogen (secondary N) is 4. The van der Waals surface area contributed by atoms with Crippen molar-refractivity contribution in [2.75, 3.05) is 6.54 Å². The van der Waals surface area contributed by atoms with E-state index in [0.717, 1.165) is 16.5 Å². The first-order valence-corrected chi connectivity index (χ1v) is 10.7. The quantitative estimate of drug-likeness (QED) is 0.440. The van der Waals surface area contributed by atoms with Crippen molar-refractivity contribution in [1.82, 2.24) is 20.9 Å². The van der Waals surface area contributed by atoms with Crippen molar-refractivity contribution in [3.63, 3.8) is 0 Å². The number of amides is 3. The third-order valence-electron chi connectivity index (χ3n) is 4.78. The van der Waals surface area contributed by atoms with Gasteiger partial charge < -0.3 is 20.9 Å². The predicted octanol–water partition coefficient (Wildman–Crippen LogP) is 3.19. The molecule has 0 saturated heterocycles. The van der Waals surface area contributed by atoms with Crippen LogP contribution in [0.2, 0.25) is 5.02 Å². The minimum Gasteiger partial charge on any atom is -0.361 e. The van der Waals surface area contributed by atoms with Crippen molar-refractivity contribution in [2.45, 2.75) is 38.8 Å². The molecule has 0 fully saturated rings. The molecule has 4 N–H and O–H groups in total. The smallest absolute Gasteiger partial charge is 0.253 e. The fraction of sp³-hybridized carbons (Fsp3) is 0.292. The lowest BCUT2D eigenvalue weighted by Crippen LogP contribution is -2.51. The summed E-state index contributed by atoms with van der Waals surface area (Å²) in [4.78, 5) is 41.1. The Hall–Kier alpha value is -3.32. The molecule has 0 aliphatic rings. The summed E-state index contributed by atoms with van der Waals surface area (Å²) in [6, 6.07) is 13.4. The highest BCUT2D eigenvalue weighted by Crippen LogP contribution is 2.20. The van der Waals surface area contributed by atoms with Gasteiger partial charge in [0.15, 0.2) is 0 Å². The Balaban J connectivity index is 1.78. The van der Waals surface area contributed by atoms with E-state index in [4.69, 9.17) is 11.6 Å². The normalized spacial score (nSPS) is 12.2. The Morgan fingerprint density at radius 1 is 1.03 bits per heavy atom. The Bertz CT molecular complexity index is 1130. The molecule has 0 unspecified atom stereocenters. The highest BCUT2D eigenvalue weighted by atomic mass is 35.5. The number of carbonyl (C=O) groups excluding carboxylic acids is 3. The zero-order chi connectivity index (χ0) is 23.3. The van der Waals surface area contributed by atoms with E-state index in [9.17, 15) is 14.4 Å². The lowest BCUT2D eigenvalue weighted by atomic mass is 10.0. The highest BCUT2D eigenvalue weighted by molar-refractivity contribution is 6.33. The molecule has 0 spiro atoms. The molecule has 8 heteroatoms. The molecule has 0 aliphatic carbocycles. The van der Waals surface area contributed by atoms with Gasteiger partial charge in [0, 0.05) is 29.1 Å². The molecule has 3 amide bonds. The van der Waals surface area contributed by atoms with Crippen molar-refractivity contribution in [2.24, 2.45) is 0 Å². The molecule has 3 rings (SSSR count). The summed E-state index contributed by atoms with van der Waals surface area (Å²) >= 11 is 6.15. The van der Waals surface area contributed by atoms with Gasteiger partial charge >= 0.3 is 0 Å². The number of aromatic amines is 1. The summed E-state index contributed by atoms with van der Waals surface area (Å²) in [5.74, 6) is -1.23. The lowest BCUT2D eigenvalue weighted by molar-refractivity contribution is -0.127. The fourth-order valence-corrected chi connectivity index (χ4v) is 3.59. The van der Waals surface area contributed by atoms with E-state index in [-0.39, 0.29) is 24.4 Å². The van der Waals surface area contributed by atoms with E-state index in [1.54, 1.807) is 24.3 Å². The monoisotopic (exact) mass is 454 g/mol. The van der Waals surface area contributed by atoms with Crippen LogP contribution in [-0.4, -0.2) is 40.8 Å². The van der Waals surface area contributed by atoms with E-state index in [1.807, 2.05) is 51.2 Å². The largest absolute Gasteiger partial charge is 0.361 e. The Kier molecular flexibility index (Phi) is 7.20.